The van der Waals surface area contributed by atoms with Crippen LogP contribution in [0.4, 0.5) is 5.82 Å². The maximum absolute atomic E-state index is 10.2. The third kappa shape index (κ3) is 2.70. The summed E-state index contributed by atoms with van der Waals surface area (Å²) in [4.78, 5) is 16.9. The largest absolute Gasteiger partial charge is 0.387 e. The molecule has 0 amide bonds. The minimum Gasteiger partial charge on any atom is -0.387 e. The molecule has 4 rings (SSSR count). The van der Waals surface area contributed by atoms with Crippen molar-refractivity contribution in [2.45, 2.75) is 6.10 Å². The number of aliphatic hydroxyl groups excluding tert-OH is 1. The molecule has 0 spiro atoms. The Balaban J connectivity index is 1.62. The van der Waals surface area contributed by atoms with E-state index in [0.29, 0.717) is 24.0 Å². The highest BCUT2D eigenvalue weighted by Gasteiger charge is 2.14. The van der Waals surface area contributed by atoms with Crippen LogP contribution in [0.15, 0.2) is 47.8 Å². The van der Waals surface area contributed by atoms with Gasteiger partial charge in [0.15, 0.2) is 5.65 Å². The Labute approximate surface area is 140 Å². The molecule has 0 saturated heterocycles. The number of hydrogen-bond acceptors (Lipinski definition) is 8. The van der Waals surface area contributed by atoms with Crippen LogP contribution in [0.25, 0.3) is 17.0 Å². The molecule has 2 N–H and O–H groups in total. The number of hydrogen-bond donors (Lipinski definition) is 2. The Bertz CT molecular complexity index is 939. The molecule has 4 aromatic rings. The van der Waals surface area contributed by atoms with Crippen molar-refractivity contribution in [2.24, 2.45) is 0 Å². The molecule has 0 aliphatic carbocycles. The molecule has 0 aliphatic rings. The molecule has 0 bridgehead atoms. The summed E-state index contributed by atoms with van der Waals surface area (Å²) in [6.45, 7) is 0.343. The number of thiophene rings is 1. The first-order valence-electron chi connectivity index (χ1n) is 7.23. The molecule has 0 radical (unpaired) electrons. The van der Waals surface area contributed by atoms with E-state index in [1.54, 1.807) is 40.7 Å². The molecule has 4 heterocycles. The molecule has 120 valence electrons. The fourth-order valence-corrected chi connectivity index (χ4v) is 3.01. The minimum absolute atomic E-state index is 0.343. The van der Waals surface area contributed by atoms with E-state index in [2.05, 4.69) is 30.4 Å². The van der Waals surface area contributed by atoms with Gasteiger partial charge in [0.05, 0.1) is 17.7 Å². The lowest BCUT2D eigenvalue weighted by Crippen LogP contribution is -2.12. The third-order valence-corrected chi connectivity index (χ3v) is 4.20. The van der Waals surface area contributed by atoms with Gasteiger partial charge in [-0.2, -0.15) is 21.1 Å². The summed E-state index contributed by atoms with van der Waals surface area (Å²) in [6.07, 6.45) is 5.79. The molecule has 4 aromatic heterocycles. The maximum Gasteiger partial charge on any atom is 0.252 e. The Morgan fingerprint density at radius 2 is 2.08 bits per heavy atom. The highest BCUT2D eigenvalue weighted by molar-refractivity contribution is 7.07. The molecule has 9 heteroatoms. The average Bonchev–Trinajstić information content (AvgIpc) is 3.30. The number of aliphatic hydroxyl groups is 1. The van der Waals surface area contributed by atoms with Gasteiger partial charge in [0.2, 0.25) is 0 Å². The monoisotopic (exact) mass is 339 g/mol. The van der Waals surface area contributed by atoms with Crippen LogP contribution in [0.3, 0.4) is 0 Å². The zero-order valence-corrected chi connectivity index (χ0v) is 13.3. The molecular formula is C15H13N7OS. The Morgan fingerprint density at radius 1 is 1.21 bits per heavy atom. The summed E-state index contributed by atoms with van der Waals surface area (Å²) in [5.41, 5.74) is 1.48. The van der Waals surface area contributed by atoms with Crippen molar-refractivity contribution in [3.63, 3.8) is 0 Å². The first-order chi connectivity index (χ1) is 11.8. The number of nitrogens with zero attached hydrogens (tertiary/aromatic N) is 6. The topological polar surface area (TPSA) is 102 Å². The van der Waals surface area contributed by atoms with Gasteiger partial charge in [-0.1, -0.05) is 0 Å². The Kier molecular flexibility index (Phi) is 3.85. The number of fused-ring (bicyclic) bond motifs is 1. The van der Waals surface area contributed by atoms with E-state index in [1.165, 1.54) is 6.33 Å². The highest BCUT2D eigenvalue weighted by atomic mass is 32.1. The molecular weight excluding hydrogens is 326 g/mol. The van der Waals surface area contributed by atoms with Crippen LogP contribution >= 0.6 is 11.3 Å². The van der Waals surface area contributed by atoms with Crippen LogP contribution in [0.5, 0.6) is 0 Å². The molecule has 1 atom stereocenters. The van der Waals surface area contributed by atoms with Gasteiger partial charge in [-0.05, 0) is 28.5 Å². The first-order valence-corrected chi connectivity index (χ1v) is 8.17. The van der Waals surface area contributed by atoms with Crippen LogP contribution in [-0.2, 0) is 0 Å². The van der Waals surface area contributed by atoms with Crippen molar-refractivity contribution >= 4 is 28.2 Å². The Morgan fingerprint density at radius 3 is 2.88 bits per heavy atom. The first kappa shape index (κ1) is 14.7. The number of aromatic nitrogens is 6. The van der Waals surface area contributed by atoms with E-state index in [9.17, 15) is 5.11 Å². The highest BCUT2D eigenvalue weighted by Crippen LogP contribution is 2.22. The molecule has 24 heavy (non-hydrogen) atoms. The van der Waals surface area contributed by atoms with E-state index < -0.39 is 6.10 Å². The second kappa shape index (κ2) is 6.30. The van der Waals surface area contributed by atoms with Gasteiger partial charge in [-0.15, -0.1) is 0 Å². The zero-order valence-electron chi connectivity index (χ0n) is 12.4. The van der Waals surface area contributed by atoms with Crippen molar-refractivity contribution in [3.05, 3.63) is 53.4 Å². The molecule has 0 fully saturated rings. The third-order valence-electron chi connectivity index (χ3n) is 3.50. The second-order valence-electron chi connectivity index (χ2n) is 5.02. The van der Waals surface area contributed by atoms with Crippen molar-refractivity contribution in [3.8, 4) is 5.95 Å². The lowest BCUT2D eigenvalue weighted by molar-refractivity contribution is 0.192. The summed E-state index contributed by atoms with van der Waals surface area (Å²) in [7, 11) is 0. The smallest absolute Gasteiger partial charge is 0.252 e. The quantitative estimate of drug-likeness (QED) is 0.572. The van der Waals surface area contributed by atoms with Crippen LogP contribution in [-0.4, -0.2) is 41.4 Å². The summed E-state index contributed by atoms with van der Waals surface area (Å²) >= 11 is 1.55. The predicted molar refractivity (Wildman–Crippen MR) is 90.0 cm³/mol. The minimum atomic E-state index is -0.603. The molecule has 1 unspecified atom stereocenters. The van der Waals surface area contributed by atoms with Crippen LogP contribution in [0.2, 0.25) is 0 Å². The SMILES string of the molecule is OC(CNc1ncnc2c1cnn2-c1ncccn1)c1ccsc1. The zero-order chi connectivity index (χ0) is 16.4. The lowest BCUT2D eigenvalue weighted by Gasteiger charge is -2.11. The van der Waals surface area contributed by atoms with Gasteiger partial charge in [-0.25, -0.2) is 19.9 Å². The summed E-state index contributed by atoms with van der Waals surface area (Å²) in [5, 5.41) is 22.2. The van der Waals surface area contributed by atoms with Gasteiger partial charge >= 0.3 is 0 Å². The average molecular weight is 339 g/mol. The normalized spacial score (nSPS) is 12.4. The molecule has 0 aromatic carbocycles. The van der Waals surface area contributed by atoms with Crippen LogP contribution < -0.4 is 5.32 Å². The Hall–Kier alpha value is -2.91. The van der Waals surface area contributed by atoms with Crippen molar-refractivity contribution < 1.29 is 5.11 Å². The molecule has 8 nitrogen and oxygen atoms in total. The predicted octanol–water partition coefficient (Wildman–Crippen LogP) is 1.81. The van der Waals surface area contributed by atoms with Gasteiger partial charge < -0.3 is 10.4 Å². The van der Waals surface area contributed by atoms with Gasteiger partial charge in [0, 0.05) is 18.9 Å². The summed E-state index contributed by atoms with van der Waals surface area (Å²) in [6, 6.07) is 3.64. The lowest BCUT2D eigenvalue weighted by atomic mass is 10.2. The van der Waals surface area contributed by atoms with Crippen molar-refractivity contribution in [2.75, 3.05) is 11.9 Å². The van der Waals surface area contributed by atoms with E-state index in [0.717, 1.165) is 10.9 Å². The van der Waals surface area contributed by atoms with Crippen LogP contribution in [0.1, 0.15) is 11.7 Å². The molecule has 0 saturated carbocycles. The van der Waals surface area contributed by atoms with E-state index in [4.69, 9.17) is 0 Å². The van der Waals surface area contributed by atoms with Gasteiger partial charge in [-0.3, -0.25) is 0 Å². The fraction of sp³-hybridized carbons (Fsp3) is 0.133. The number of anilines is 1. The molecule has 0 aliphatic heterocycles. The van der Waals surface area contributed by atoms with E-state index >= 15 is 0 Å². The number of nitrogens with one attached hydrogen (secondary N) is 1. The van der Waals surface area contributed by atoms with E-state index in [1.807, 2.05) is 16.8 Å². The van der Waals surface area contributed by atoms with Gasteiger partial charge in [0.25, 0.3) is 5.95 Å². The van der Waals surface area contributed by atoms with Crippen LogP contribution in [0, 0.1) is 0 Å². The summed E-state index contributed by atoms with van der Waals surface area (Å²) in [5.74, 6) is 1.05. The second-order valence-corrected chi connectivity index (χ2v) is 5.80. The summed E-state index contributed by atoms with van der Waals surface area (Å²) < 4.78 is 1.55. The van der Waals surface area contributed by atoms with Gasteiger partial charge in [0.1, 0.15) is 12.1 Å². The number of rotatable bonds is 5. The maximum atomic E-state index is 10.2. The van der Waals surface area contributed by atoms with E-state index in [-0.39, 0.29) is 0 Å². The van der Waals surface area contributed by atoms with Crippen molar-refractivity contribution in [1.82, 2.24) is 29.7 Å². The fourth-order valence-electron chi connectivity index (χ4n) is 2.31. The van der Waals surface area contributed by atoms with Crippen molar-refractivity contribution in [1.29, 1.82) is 0 Å². The standard InChI is InChI=1S/C15H13N7OS/c23-12(10-2-5-24-8-10)7-18-13-11-6-21-22(14(11)20-9-19-13)15-16-3-1-4-17-15/h1-6,8-9,12,23H,7H2,(H,18,19,20).